The molecule has 5 heteroatoms. The van der Waals surface area contributed by atoms with E-state index >= 15 is 0 Å². The lowest BCUT2D eigenvalue weighted by atomic mass is 9.48. The van der Waals surface area contributed by atoms with Crippen molar-refractivity contribution in [1.29, 1.82) is 0 Å². The molecule has 0 aliphatic heterocycles. The largest absolute Gasteiger partial charge is 0.496 e. The Hall–Kier alpha value is -1.55. The standard InChI is InChI=1S/C20H23ClO4/c1-24-17-3-2-15(21)7-16(17)19(23)25-11-18(22)20-8-12-4-13(9-20)6-14(5-12)10-20/h2-3,7,12-14H,4-6,8-11H2,1H3. The van der Waals surface area contributed by atoms with Crippen molar-refractivity contribution >= 4 is 23.4 Å². The Morgan fingerprint density at radius 3 is 2.28 bits per heavy atom. The number of carbonyl (C=O) groups is 2. The number of ketones is 1. The molecule has 0 atom stereocenters. The Kier molecular flexibility index (Phi) is 4.27. The number of Topliss-reactive ketones (excluding diaryl/α,β-unsaturated/α-hetero) is 1. The molecule has 4 aliphatic rings. The summed E-state index contributed by atoms with van der Waals surface area (Å²) in [4.78, 5) is 25.3. The van der Waals surface area contributed by atoms with E-state index in [4.69, 9.17) is 21.1 Å². The minimum Gasteiger partial charge on any atom is -0.496 e. The Labute approximate surface area is 152 Å². The molecule has 1 aromatic carbocycles. The van der Waals surface area contributed by atoms with Crippen molar-refractivity contribution in [3.8, 4) is 5.75 Å². The van der Waals surface area contributed by atoms with E-state index in [1.807, 2.05) is 0 Å². The molecule has 4 saturated carbocycles. The molecule has 4 bridgehead atoms. The van der Waals surface area contributed by atoms with Gasteiger partial charge in [-0.05, 0) is 74.5 Å². The first-order chi connectivity index (χ1) is 12.0. The highest BCUT2D eigenvalue weighted by Crippen LogP contribution is 2.60. The van der Waals surface area contributed by atoms with Crippen LogP contribution in [-0.4, -0.2) is 25.5 Å². The van der Waals surface area contributed by atoms with Crippen LogP contribution in [0, 0.1) is 23.2 Å². The summed E-state index contributed by atoms with van der Waals surface area (Å²) in [5.41, 5.74) is 0.0151. The Bertz CT molecular complexity index is 676. The summed E-state index contributed by atoms with van der Waals surface area (Å²) in [6.45, 7) is -0.152. The van der Waals surface area contributed by atoms with Crippen LogP contribution in [0.15, 0.2) is 18.2 Å². The third-order valence-corrected chi connectivity index (χ3v) is 6.58. The van der Waals surface area contributed by atoms with Gasteiger partial charge in [0.25, 0.3) is 0 Å². The van der Waals surface area contributed by atoms with Crippen molar-refractivity contribution in [3.05, 3.63) is 28.8 Å². The first-order valence-corrected chi connectivity index (χ1v) is 9.41. The summed E-state index contributed by atoms with van der Waals surface area (Å²) in [6, 6.07) is 4.79. The monoisotopic (exact) mass is 362 g/mol. The number of halogens is 1. The van der Waals surface area contributed by atoms with Gasteiger partial charge in [-0.25, -0.2) is 4.79 Å². The van der Waals surface area contributed by atoms with Crippen LogP contribution in [0.5, 0.6) is 5.75 Å². The molecule has 1 aromatic rings. The molecule has 0 radical (unpaired) electrons. The molecule has 0 saturated heterocycles. The molecule has 0 heterocycles. The average Bonchev–Trinajstić information content (AvgIpc) is 2.58. The second-order valence-electron chi connectivity index (χ2n) is 8.04. The van der Waals surface area contributed by atoms with Crippen molar-refractivity contribution in [3.63, 3.8) is 0 Å². The third-order valence-electron chi connectivity index (χ3n) is 6.35. The van der Waals surface area contributed by atoms with Gasteiger partial charge in [0, 0.05) is 10.4 Å². The predicted molar refractivity (Wildman–Crippen MR) is 93.9 cm³/mol. The van der Waals surface area contributed by atoms with Gasteiger partial charge in [0.2, 0.25) is 0 Å². The van der Waals surface area contributed by atoms with Gasteiger partial charge in [0.05, 0.1) is 7.11 Å². The smallest absolute Gasteiger partial charge is 0.342 e. The number of methoxy groups -OCH3 is 1. The highest BCUT2D eigenvalue weighted by atomic mass is 35.5. The molecule has 5 rings (SSSR count). The number of hydrogen-bond acceptors (Lipinski definition) is 4. The Balaban J connectivity index is 1.44. The first kappa shape index (κ1) is 16.9. The van der Waals surface area contributed by atoms with Crippen molar-refractivity contribution < 1.29 is 19.1 Å². The van der Waals surface area contributed by atoms with Crippen molar-refractivity contribution in [2.24, 2.45) is 23.2 Å². The molecule has 4 aliphatic carbocycles. The van der Waals surface area contributed by atoms with E-state index in [1.165, 1.54) is 32.4 Å². The lowest BCUT2D eigenvalue weighted by Gasteiger charge is -2.55. The molecule has 4 nitrogen and oxygen atoms in total. The normalized spacial score (nSPS) is 32.5. The van der Waals surface area contributed by atoms with E-state index in [2.05, 4.69) is 0 Å². The lowest BCUT2D eigenvalue weighted by molar-refractivity contribution is -0.147. The second-order valence-corrected chi connectivity index (χ2v) is 8.48. The second kappa shape index (κ2) is 6.31. The van der Waals surface area contributed by atoms with Gasteiger partial charge >= 0.3 is 5.97 Å². The molecule has 4 fully saturated rings. The van der Waals surface area contributed by atoms with Gasteiger partial charge in [-0.3, -0.25) is 4.79 Å². The quantitative estimate of drug-likeness (QED) is 0.733. The summed E-state index contributed by atoms with van der Waals surface area (Å²) in [6.07, 6.45) is 6.80. The SMILES string of the molecule is COc1ccc(Cl)cc1C(=O)OCC(=O)C12CC3CC(CC(C3)C1)C2. The van der Waals surface area contributed by atoms with E-state index in [0.717, 1.165) is 19.3 Å². The molecule has 25 heavy (non-hydrogen) atoms. The minimum atomic E-state index is -0.558. The van der Waals surface area contributed by atoms with Crippen LogP contribution >= 0.6 is 11.6 Å². The molecule has 0 amide bonds. The zero-order chi connectivity index (χ0) is 17.6. The van der Waals surface area contributed by atoms with Crippen molar-refractivity contribution in [2.75, 3.05) is 13.7 Å². The van der Waals surface area contributed by atoms with E-state index in [9.17, 15) is 9.59 Å². The van der Waals surface area contributed by atoms with Crippen LogP contribution in [0.2, 0.25) is 5.02 Å². The average molecular weight is 363 g/mol. The lowest BCUT2D eigenvalue weighted by Crippen LogP contribution is -2.51. The Morgan fingerprint density at radius 1 is 1.12 bits per heavy atom. The minimum absolute atomic E-state index is 0.0981. The molecule has 0 N–H and O–H groups in total. The third kappa shape index (κ3) is 3.05. The molecular weight excluding hydrogens is 340 g/mol. The van der Waals surface area contributed by atoms with Crippen LogP contribution in [0.3, 0.4) is 0 Å². The van der Waals surface area contributed by atoms with Gasteiger partial charge in [0.1, 0.15) is 11.3 Å². The maximum absolute atomic E-state index is 12.9. The Morgan fingerprint density at radius 2 is 1.72 bits per heavy atom. The molecule has 0 spiro atoms. The van der Waals surface area contributed by atoms with E-state index in [1.54, 1.807) is 12.1 Å². The highest BCUT2D eigenvalue weighted by Gasteiger charge is 2.54. The van der Waals surface area contributed by atoms with Crippen molar-refractivity contribution in [2.45, 2.75) is 38.5 Å². The summed E-state index contributed by atoms with van der Waals surface area (Å²) in [5.74, 6) is 2.02. The first-order valence-electron chi connectivity index (χ1n) is 9.03. The summed E-state index contributed by atoms with van der Waals surface area (Å²) in [5, 5.41) is 0.431. The van der Waals surface area contributed by atoms with Crippen LogP contribution < -0.4 is 4.74 Å². The van der Waals surface area contributed by atoms with E-state index in [-0.39, 0.29) is 23.4 Å². The molecule has 0 aromatic heterocycles. The molecule has 134 valence electrons. The molecular formula is C20H23ClO4. The number of carbonyl (C=O) groups excluding carboxylic acids is 2. The van der Waals surface area contributed by atoms with Gasteiger partial charge in [-0.2, -0.15) is 0 Å². The van der Waals surface area contributed by atoms with Gasteiger partial charge < -0.3 is 9.47 Å². The highest BCUT2D eigenvalue weighted by molar-refractivity contribution is 6.31. The maximum Gasteiger partial charge on any atom is 0.342 e. The van der Waals surface area contributed by atoms with E-state index < -0.39 is 5.97 Å². The van der Waals surface area contributed by atoms with Crippen LogP contribution in [-0.2, 0) is 9.53 Å². The van der Waals surface area contributed by atoms with E-state index in [0.29, 0.717) is 28.5 Å². The predicted octanol–water partition coefficient (Wildman–Crippen LogP) is 4.29. The zero-order valence-electron chi connectivity index (χ0n) is 14.4. The fraction of sp³-hybridized carbons (Fsp3) is 0.600. The van der Waals surface area contributed by atoms with Gasteiger partial charge in [-0.1, -0.05) is 11.6 Å². The fourth-order valence-electron chi connectivity index (χ4n) is 5.65. The summed E-state index contributed by atoms with van der Waals surface area (Å²) in [7, 11) is 1.49. The summed E-state index contributed by atoms with van der Waals surface area (Å²) < 4.78 is 10.5. The van der Waals surface area contributed by atoms with Gasteiger partial charge in [0.15, 0.2) is 12.4 Å². The molecule has 0 unspecified atom stereocenters. The maximum atomic E-state index is 12.9. The van der Waals surface area contributed by atoms with Crippen molar-refractivity contribution in [1.82, 2.24) is 0 Å². The fourth-order valence-corrected chi connectivity index (χ4v) is 5.83. The van der Waals surface area contributed by atoms with Crippen LogP contribution in [0.25, 0.3) is 0 Å². The van der Waals surface area contributed by atoms with Crippen LogP contribution in [0.4, 0.5) is 0 Å². The number of ether oxygens (including phenoxy) is 2. The number of benzene rings is 1. The number of hydrogen-bond donors (Lipinski definition) is 0. The van der Waals surface area contributed by atoms with Gasteiger partial charge in [-0.15, -0.1) is 0 Å². The summed E-state index contributed by atoms with van der Waals surface area (Å²) >= 11 is 5.96. The zero-order valence-corrected chi connectivity index (χ0v) is 15.2. The topological polar surface area (TPSA) is 52.6 Å². The van der Waals surface area contributed by atoms with Crippen LogP contribution in [0.1, 0.15) is 48.9 Å². The number of rotatable bonds is 5. The number of esters is 1.